The van der Waals surface area contributed by atoms with Crippen molar-refractivity contribution in [3.63, 3.8) is 0 Å². The van der Waals surface area contributed by atoms with Gasteiger partial charge in [-0.15, -0.1) is 11.3 Å². The van der Waals surface area contributed by atoms with Crippen LogP contribution in [0.1, 0.15) is 39.0 Å². The molecule has 1 aliphatic rings. The molecule has 1 aliphatic heterocycles. The molecule has 20 heavy (non-hydrogen) atoms. The minimum atomic E-state index is -0.834. The van der Waals surface area contributed by atoms with Crippen molar-refractivity contribution in [2.45, 2.75) is 25.8 Å². The predicted molar refractivity (Wildman–Crippen MR) is 76.9 cm³/mol. The standard InChI is InChI=1S/C14H12ClNO3S/c1-7-4-10-9(14(18)19)2-3-16(10)12(7)13(17)11-5-8(15)6-20-11/h4-6,9H,2-3H2,1H3,(H,18,19). The number of ketones is 1. The Bertz CT molecular complexity index is 716. The number of nitrogens with zero attached hydrogens (tertiary/aromatic N) is 1. The van der Waals surface area contributed by atoms with Crippen LogP contribution in [0.2, 0.25) is 5.02 Å². The highest BCUT2D eigenvalue weighted by molar-refractivity contribution is 7.12. The van der Waals surface area contributed by atoms with Crippen molar-refractivity contribution in [2.75, 3.05) is 0 Å². The van der Waals surface area contributed by atoms with Gasteiger partial charge in [0.1, 0.15) is 0 Å². The molecule has 104 valence electrons. The minimum Gasteiger partial charge on any atom is -0.481 e. The summed E-state index contributed by atoms with van der Waals surface area (Å²) in [5.41, 5.74) is 2.13. The maximum Gasteiger partial charge on any atom is 0.312 e. The van der Waals surface area contributed by atoms with E-state index in [4.69, 9.17) is 11.6 Å². The van der Waals surface area contributed by atoms with Crippen LogP contribution in [0.25, 0.3) is 0 Å². The van der Waals surface area contributed by atoms with E-state index < -0.39 is 11.9 Å². The van der Waals surface area contributed by atoms with Gasteiger partial charge in [0.2, 0.25) is 5.78 Å². The first kappa shape index (κ1) is 13.4. The fourth-order valence-corrected chi connectivity index (χ4v) is 3.76. The molecule has 6 heteroatoms. The molecule has 1 N–H and O–H groups in total. The summed E-state index contributed by atoms with van der Waals surface area (Å²) in [6.45, 7) is 2.41. The molecule has 0 fully saturated rings. The van der Waals surface area contributed by atoms with Crippen molar-refractivity contribution in [3.05, 3.63) is 44.4 Å². The average molecular weight is 310 g/mol. The van der Waals surface area contributed by atoms with E-state index in [2.05, 4.69) is 0 Å². The third-order valence-corrected chi connectivity index (χ3v) is 4.90. The first-order valence-corrected chi connectivity index (χ1v) is 7.46. The molecule has 0 radical (unpaired) electrons. The normalized spacial score (nSPS) is 17.2. The number of carbonyl (C=O) groups is 2. The van der Waals surface area contributed by atoms with Crippen LogP contribution in [0.4, 0.5) is 0 Å². The van der Waals surface area contributed by atoms with Gasteiger partial charge in [-0.05, 0) is 31.0 Å². The lowest BCUT2D eigenvalue weighted by atomic mass is 10.0. The van der Waals surface area contributed by atoms with E-state index in [-0.39, 0.29) is 5.78 Å². The second-order valence-electron chi connectivity index (χ2n) is 4.89. The van der Waals surface area contributed by atoms with E-state index in [1.165, 1.54) is 11.3 Å². The number of carboxylic acids is 1. The maximum atomic E-state index is 12.6. The lowest BCUT2D eigenvalue weighted by Crippen LogP contribution is -2.09. The number of hydrogen-bond donors (Lipinski definition) is 1. The smallest absolute Gasteiger partial charge is 0.312 e. The van der Waals surface area contributed by atoms with Crippen molar-refractivity contribution in [1.29, 1.82) is 0 Å². The molecule has 0 spiro atoms. The van der Waals surface area contributed by atoms with Gasteiger partial charge in [0, 0.05) is 17.6 Å². The van der Waals surface area contributed by atoms with Crippen LogP contribution < -0.4 is 0 Å². The van der Waals surface area contributed by atoms with Crippen molar-refractivity contribution >= 4 is 34.7 Å². The second-order valence-corrected chi connectivity index (χ2v) is 6.24. The van der Waals surface area contributed by atoms with Crippen LogP contribution in [-0.2, 0) is 11.3 Å². The zero-order valence-electron chi connectivity index (χ0n) is 10.7. The quantitative estimate of drug-likeness (QED) is 0.885. The Labute approximate surface area is 124 Å². The molecule has 4 nitrogen and oxygen atoms in total. The second kappa shape index (κ2) is 4.75. The maximum absolute atomic E-state index is 12.6. The number of aryl methyl sites for hydroxylation is 1. The summed E-state index contributed by atoms with van der Waals surface area (Å²) in [4.78, 5) is 24.4. The highest BCUT2D eigenvalue weighted by atomic mass is 35.5. The Morgan fingerprint density at radius 2 is 2.20 bits per heavy atom. The van der Waals surface area contributed by atoms with Crippen molar-refractivity contribution in [1.82, 2.24) is 4.57 Å². The molecule has 3 heterocycles. The predicted octanol–water partition coefficient (Wildman–Crippen LogP) is 3.31. The largest absolute Gasteiger partial charge is 0.481 e. The van der Waals surface area contributed by atoms with Crippen LogP contribution in [0.3, 0.4) is 0 Å². The van der Waals surface area contributed by atoms with E-state index in [9.17, 15) is 14.7 Å². The number of carbonyl (C=O) groups excluding carboxylic acids is 1. The van der Waals surface area contributed by atoms with Gasteiger partial charge < -0.3 is 9.67 Å². The van der Waals surface area contributed by atoms with Crippen LogP contribution in [0.5, 0.6) is 0 Å². The highest BCUT2D eigenvalue weighted by Gasteiger charge is 2.33. The van der Waals surface area contributed by atoms with Gasteiger partial charge in [0.25, 0.3) is 0 Å². The first-order valence-electron chi connectivity index (χ1n) is 6.20. The number of carboxylic acid groups (broad SMARTS) is 1. The molecule has 0 saturated carbocycles. The van der Waals surface area contributed by atoms with E-state index in [1.54, 1.807) is 11.4 Å². The third-order valence-electron chi connectivity index (χ3n) is 3.62. The average Bonchev–Trinajstić information content (AvgIpc) is 3.02. The zero-order chi connectivity index (χ0) is 14.4. The topological polar surface area (TPSA) is 59.3 Å². The molecule has 0 aliphatic carbocycles. The van der Waals surface area contributed by atoms with Crippen LogP contribution in [0, 0.1) is 6.92 Å². The number of hydrogen-bond acceptors (Lipinski definition) is 3. The minimum absolute atomic E-state index is 0.0864. The van der Waals surface area contributed by atoms with Crippen LogP contribution in [-0.4, -0.2) is 21.4 Å². The Balaban J connectivity index is 2.06. The summed E-state index contributed by atoms with van der Waals surface area (Å²) in [5.74, 6) is -1.43. The van der Waals surface area contributed by atoms with Gasteiger partial charge in [-0.2, -0.15) is 0 Å². The monoisotopic (exact) mass is 309 g/mol. The first-order chi connectivity index (χ1) is 9.49. The zero-order valence-corrected chi connectivity index (χ0v) is 12.3. The summed E-state index contributed by atoms with van der Waals surface area (Å²) in [7, 11) is 0. The van der Waals surface area contributed by atoms with Crippen LogP contribution >= 0.6 is 22.9 Å². The number of thiophene rings is 1. The lowest BCUT2D eigenvalue weighted by molar-refractivity contribution is -0.138. The number of halogens is 1. The molecule has 0 amide bonds. The van der Waals surface area contributed by atoms with Crippen LogP contribution in [0.15, 0.2) is 17.5 Å². The Morgan fingerprint density at radius 3 is 2.80 bits per heavy atom. The van der Waals surface area contributed by atoms with E-state index in [1.807, 2.05) is 17.6 Å². The van der Waals surface area contributed by atoms with E-state index >= 15 is 0 Å². The summed E-state index contributed by atoms with van der Waals surface area (Å²) in [5, 5.41) is 11.5. The number of aliphatic carboxylic acids is 1. The molecule has 0 aromatic carbocycles. The fourth-order valence-electron chi connectivity index (χ4n) is 2.75. The molecule has 0 bridgehead atoms. The SMILES string of the molecule is Cc1cc2n(c1C(=O)c1cc(Cl)cs1)CCC2C(=O)O. The Kier molecular flexibility index (Phi) is 3.18. The van der Waals surface area contributed by atoms with Gasteiger partial charge >= 0.3 is 5.97 Å². The van der Waals surface area contributed by atoms with Crippen molar-refractivity contribution in [2.24, 2.45) is 0 Å². The van der Waals surface area contributed by atoms with Gasteiger partial charge in [0.05, 0.1) is 21.5 Å². The Morgan fingerprint density at radius 1 is 1.45 bits per heavy atom. The van der Waals surface area contributed by atoms with E-state index in [0.717, 1.165) is 11.3 Å². The lowest BCUT2D eigenvalue weighted by Gasteiger charge is -2.05. The molecular weight excluding hydrogens is 298 g/mol. The molecule has 0 saturated heterocycles. The number of fused-ring (bicyclic) bond motifs is 1. The van der Waals surface area contributed by atoms with E-state index in [0.29, 0.717) is 28.6 Å². The summed E-state index contributed by atoms with van der Waals surface area (Å²) in [6.07, 6.45) is 0.538. The van der Waals surface area contributed by atoms with Gasteiger partial charge in [0.15, 0.2) is 0 Å². The van der Waals surface area contributed by atoms with Crippen molar-refractivity contribution in [3.8, 4) is 0 Å². The van der Waals surface area contributed by atoms with Gasteiger partial charge in [-0.1, -0.05) is 11.6 Å². The summed E-state index contributed by atoms with van der Waals surface area (Å²) in [6, 6.07) is 3.46. The van der Waals surface area contributed by atoms with Crippen molar-refractivity contribution < 1.29 is 14.7 Å². The molecule has 3 rings (SSSR count). The molecule has 2 aromatic rings. The molecule has 1 atom stereocenters. The number of aromatic nitrogens is 1. The van der Waals surface area contributed by atoms with Gasteiger partial charge in [-0.3, -0.25) is 9.59 Å². The molecule has 1 unspecified atom stereocenters. The summed E-state index contributed by atoms with van der Waals surface area (Å²) < 4.78 is 1.84. The number of rotatable bonds is 3. The summed E-state index contributed by atoms with van der Waals surface area (Å²) >= 11 is 7.17. The molecular formula is C14H12ClNO3S. The highest BCUT2D eigenvalue weighted by Crippen LogP contribution is 2.34. The Hall–Kier alpha value is -1.59. The van der Waals surface area contributed by atoms with Gasteiger partial charge in [-0.25, -0.2) is 0 Å². The fraction of sp³-hybridized carbons (Fsp3) is 0.286. The molecule has 2 aromatic heterocycles. The third kappa shape index (κ3) is 1.98.